The van der Waals surface area contributed by atoms with E-state index in [2.05, 4.69) is 20.8 Å². The van der Waals surface area contributed by atoms with E-state index in [1.807, 2.05) is 43.3 Å². The lowest BCUT2D eigenvalue weighted by Gasteiger charge is -2.09. The summed E-state index contributed by atoms with van der Waals surface area (Å²) in [4.78, 5) is 12.4. The zero-order valence-corrected chi connectivity index (χ0v) is 12.1. The van der Waals surface area contributed by atoms with Crippen LogP contribution in [0.2, 0.25) is 0 Å². The standard InChI is InChI=1S/C16H15N5O/c1-12-5-4-6-13(9-12)10-17-16(22)14-7-2-3-8-15(14)21-11-18-19-20-21/h2-9,11H,10H2,1H3,(H,17,22). The van der Waals surface area contributed by atoms with Gasteiger partial charge >= 0.3 is 0 Å². The summed E-state index contributed by atoms with van der Waals surface area (Å²) in [5, 5.41) is 14.0. The van der Waals surface area contributed by atoms with Gasteiger partial charge < -0.3 is 5.32 Å². The van der Waals surface area contributed by atoms with Gasteiger partial charge in [0.25, 0.3) is 5.91 Å². The van der Waals surface area contributed by atoms with Gasteiger partial charge in [-0.1, -0.05) is 42.0 Å². The Balaban J connectivity index is 1.78. The predicted octanol–water partition coefficient (Wildman–Crippen LogP) is 1.90. The SMILES string of the molecule is Cc1cccc(CNC(=O)c2ccccc2-n2cnnn2)c1. The number of rotatable bonds is 4. The number of amides is 1. The number of hydrogen-bond acceptors (Lipinski definition) is 4. The molecule has 1 N–H and O–H groups in total. The highest BCUT2D eigenvalue weighted by atomic mass is 16.1. The molecule has 6 nitrogen and oxygen atoms in total. The summed E-state index contributed by atoms with van der Waals surface area (Å²) in [7, 11) is 0. The van der Waals surface area contributed by atoms with E-state index in [0.717, 1.165) is 5.56 Å². The number of aromatic nitrogens is 4. The molecule has 1 amide bonds. The van der Waals surface area contributed by atoms with Gasteiger partial charge in [-0.05, 0) is 35.0 Å². The fraction of sp³-hybridized carbons (Fsp3) is 0.125. The third-order valence-electron chi connectivity index (χ3n) is 3.28. The number of tetrazole rings is 1. The predicted molar refractivity (Wildman–Crippen MR) is 81.5 cm³/mol. The Bertz CT molecular complexity index is 783. The van der Waals surface area contributed by atoms with Gasteiger partial charge in [0.1, 0.15) is 6.33 Å². The van der Waals surface area contributed by atoms with Gasteiger partial charge in [0, 0.05) is 6.54 Å². The normalized spacial score (nSPS) is 10.4. The monoisotopic (exact) mass is 293 g/mol. The highest BCUT2D eigenvalue weighted by molar-refractivity contribution is 5.97. The molecule has 0 fully saturated rings. The molecule has 22 heavy (non-hydrogen) atoms. The van der Waals surface area contributed by atoms with E-state index < -0.39 is 0 Å². The van der Waals surface area contributed by atoms with Crippen LogP contribution in [0.15, 0.2) is 54.9 Å². The minimum atomic E-state index is -0.160. The van der Waals surface area contributed by atoms with E-state index in [9.17, 15) is 4.79 Å². The maximum atomic E-state index is 12.4. The van der Waals surface area contributed by atoms with Crippen molar-refractivity contribution in [2.45, 2.75) is 13.5 Å². The van der Waals surface area contributed by atoms with Gasteiger partial charge in [0.05, 0.1) is 11.3 Å². The molecule has 2 aromatic carbocycles. The Morgan fingerprint density at radius 2 is 2.05 bits per heavy atom. The minimum absolute atomic E-state index is 0.160. The summed E-state index contributed by atoms with van der Waals surface area (Å²) in [6, 6.07) is 15.3. The first-order valence-corrected chi connectivity index (χ1v) is 6.90. The van der Waals surface area contributed by atoms with Crippen LogP contribution in [0.25, 0.3) is 5.69 Å². The molecule has 0 unspecified atom stereocenters. The first-order chi connectivity index (χ1) is 10.7. The fourth-order valence-corrected chi connectivity index (χ4v) is 2.24. The zero-order chi connectivity index (χ0) is 15.4. The average molecular weight is 293 g/mol. The molecule has 0 aliphatic carbocycles. The largest absolute Gasteiger partial charge is 0.348 e. The van der Waals surface area contributed by atoms with Crippen LogP contribution in [0.3, 0.4) is 0 Å². The van der Waals surface area contributed by atoms with Gasteiger partial charge in [0.15, 0.2) is 0 Å². The summed E-state index contributed by atoms with van der Waals surface area (Å²) in [5.41, 5.74) is 3.41. The molecule has 0 bridgehead atoms. The van der Waals surface area contributed by atoms with E-state index in [-0.39, 0.29) is 5.91 Å². The Morgan fingerprint density at radius 3 is 2.82 bits per heavy atom. The summed E-state index contributed by atoms with van der Waals surface area (Å²) in [5.74, 6) is -0.160. The van der Waals surface area contributed by atoms with E-state index in [1.165, 1.54) is 16.6 Å². The van der Waals surface area contributed by atoms with Crippen molar-refractivity contribution in [1.82, 2.24) is 25.5 Å². The second-order valence-corrected chi connectivity index (χ2v) is 4.94. The van der Waals surface area contributed by atoms with Gasteiger partial charge in [-0.15, -0.1) is 5.10 Å². The second-order valence-electron chi connectivity index (χ2n) is 4.94. The Morgan fingerprint density at radius 1 is 1.18 bits per heavy atom. The highest BCUT2D eigenvalue weighted by Gasteiger charge is 2.12. The lowest BCUT2D eigenvalue weighted by atomic mass is 10.1. The van der Waals surface area contributed by atoms with E-state index in [4.69, 9.17) is 0 Å². The number of benzene rings is 2. The van der Waals surface area contributed by atoms with E-state index in [1.54, 1.807) is 12.1 Å². The molecular weight excluding hydrogens is 278 g/mol. The Labute approximate surface area is 127 Å². The molecule has 1 aromatic heterocycles. The molecular formula is C16H15N5O. The Kier molecular flexibility index (Phi) is 3.91. The van der Waals surface area contributed by atoms with Crippen molar-refractivity contribution in [3.63, 3.8) is 0 Å². The molecule has 1 heterocycles. The summed E-state index contributed by atoms with van der Waals surface area (Å²) < 4.78 is 1.47. The maximum absolute atomic E-state index is 12.4. The van der Waals surface area contributed by atoms with Crippen LogP contribution in [0, 0.1) is 6.92 Å². The molecule has 6 heteroatoms. The molecule has 0 atom stereocenters. The number of nitrogens with one attached hydrogen (secondary N) is 1. The molecule has 0 aliphatic rings. The quantitative estimate of drug-likeness (QED) is 0.797. The first-order valence-electron chi connectivity index (χ1n) is 6.90. The molecule has 3 rings (SSSR count). The van der Waals surface area contributed by atoms with Crippen molar-refractivity contribution in [2.75, 3.05) is 0 Å². The lowest BCUT2D eigenvalue weighted by Crippen LogP contribution is -2.24. The van der Waals surface area contributed by atoms with Crippen molar-refractivity contribution in [3.05, 3.63) is 71.5 Å². The number of carbonyl (C=O) groups excluding carboxylic acids is 1. The van der Waals surface area contributed by atoms with Gasteiger partial charge in [-0.25, -0.2) is 0 Å². The van der Waals surface area contributed by atoms with Crippen LogP contribution in [0.1, 0.15) is 21.5 Å². The lowest BCUT2D eigenvalue weighted by molar-refractivity contribution is 0.0950. The topological polar surface area (TPSA) is 72.7 Å². The summed E-state index contributed by atoms with van der Waals surface area (Å²) in [6.45, 7) is 2.50. The first kappa shape index (κ1) is 13.9. The van der Waals surface area contributed by atoms with Crippen LogP contribution in [-0.4, -0.2) is 26.1 Å². The van der Waals surface area contributed by atoms with E-state index in [0.29, 0.717) is 17.8 Å². The number of para-hydroxylation sites is 1. The van der Waals surface area contributed by atoms with Crippen LogP contribution in [-0.2, 0) is 6.54 Å². The van der Waals surface area contributed by atoms with Crippen LogP contribution < -0.4 is 5.32 Å². The van der Waals surface area contributed by atoms with Crippen molar-refractivity contribution in [1.29, 1.82) is 0 Å². The highest BCUT2D eigenvalue weighted by Crippen LogP contribution is 2.13. The fourth-order valence-electron chi connectivity index (χ4n) is 2.24. The third-order valence-corrected chi connectivity index (χ3v) is 3.28. The number of nitrogens with zero attached hydrogens (tertiary/aromatic N) is 4. The summed E-state index contributed by atoms with van der Waals surface area (Å²) in [6.07, 6.45) is 1.46. The minimum Gasteiger partial charge on any atom is -0.348 e. The third kappa shape index (κ3) is 3.01. The molecule has 0 saturated heterocycles. The maximum Gasteiger partial charge on any atom is 0.253 e. The van der Waals surface area contributed by atoms with Crippen molar-refractivity contribution >= 4 is 5.91 Å². The molecule has 0 aliphatic heterocycles. The average Bonchev–Trinajstić information content (AvgIpc) is 3.07. The van der Waals surface area contributed by atoms with Gasteiger partial charge in [-0.2, -0.15) is 4.68 Å². The van der Waals surface area contributed by atoms with Crippen molar-refractivity contribution in [2.24, 2.45) is 0 Å². The van der Waals surface area contributed by atoms with Gasteiger partial charge in [0.2, 0.25) is 0 Å². The van der Waals surface area contributed by atoms with Crippen molar-refractivity contribution in [3.8, 4) is 5.69 Å². The zero-order valence-electron chi connectivity index (χ0n) is 12.1. The molecule has 0 radical (unpaired) electrons. The second kappa shape index (κ2) is 6.17. The van der Waals surface area contributed by atoms with Crippen LogP contribution in [0.4, 0.5) is 0 Å². The smallest absolute Gasteiger partial charge is 0.253 e. The Hall–Kier alpha value is -3.02. The van der Waals surface area contributed by atoms with Crippen LogP contribution >= 0.6 is 0 Å². The molecule has 0 saturated carbocycles. The van der Waals surface area contributed by atoms with Crippen molar-refractivity contribution < 1.29 is 4.79 Å². The molecule has 0 spiro atoms. The summed E-state index contributed by atoms with van der Waals surface area (Å²) >= 11 is 0. The molecule has 3 aromatic rings. The number of aryl methyl sites for hydroxylation is 1. The number of hydrogen-bond donors (Lipinski definition) is 1. The number of carbonyl (C=O) groups is 1. The van der Waals surface area contributed by atoms with Gasteiger partial charge in [-0.3, -0.25) is 4.79 Å². The molecule has 110 valence electrons. The van der Waals surface area contributed by atoms with Crippen LogP contribution in [0.5, 0.6) is 0 Å². The van der Waals surface area contributed by atoms with E-state index >= 15 is 0 Å².